The lowest BCUT2D eigenvalue weighted by Gasteiger charge is -2.26. The summed E-state index contributed by atoms with van der Waals surface area (Å²) in [6.45, 7) is 0.790. The van der Waals surface area contributed by atoms with Crippen LogP contribution in [0.3, 0.4) is 0 Å². The third-order valence-corrected chi connectivity index (χ3v) is 4.89. The largest absolute Gasteiger partial charge is 0.330 e. The molecule has 1 fully saturated rings. The van der Waals surface area contributed by atoms with E-state index in [1.165, 1.54) is 68.3 Å². The molecular weight excluding hydrogens is 222 g/mol. The maximum atomic E-state index is 5.99. The number of nitrogens with two attached hydrogens (primary N) is 1. The molecule has 18 heavy (non-hydrogen) atoms. The Labute approximate surface area is 110 Å². The summed E-state index contributed by atoms with van der Waals surface area (Å²) in [5.74, 6) is 1.28. The molecule has 0 aliphatic heterocycles. The van der Waals surface area contributed by atoms with E-state index in [0.29, 0.717) is 11.8 Å². The topological polar surface area (TPSA) is 43.8 Å². The SMILES string of the molecule is Cn1nc(C2CCCCC2)c2c1CCCC2CN. The van der Waals surface area contributed by atoms with E-state index in [1.807, 2.05) is 0 Å². The van der Waals surface area contributed by atoms with Crippen molar-refractivity contribution in [2.45, 2.75) is 63.2 Å². The van der Waals surface area contributed by atoms with Crippen LogP contribution in [0.1, 0.15) is 73.7 Å². The minimum atomic E-state index is 0.569. The quantitative estimate of drug-likeness (QED) is 0.873. The smallest absolute Gasteiger partial charge is 0.0693 e. The van der Waals surface area contributed by atoms with Crippen LogP contribution >= 0.6 is 0 Å². The van der Waals surface area contributed by atoms with Crippen LogP contribution in [0.4, 0.5) is 0 Å². The lowest BCUT2D eigenvalue weighted by atomic mass is 9.79. The molecular formula is C15H25N3. The third-order valence-electron chi connectivity index (χ3n) is 4.89. The Morgan fingerprint density at radius 3 is 2.67 bits per heavy atom. The van der Waals surface area contributed by atoms with E-state index >= 15 is 0 Å². The van der Waals surface area contributed by atoms with Crippen molar-refractivity contribution in [3.8, 4) is 0 Å². The summed E-state index contributed by atoms with van der Waals surface area (Å²) in [7, 11) is 2.12. The molecule has 3 heteroatoms. The standard InChI is InChI=1S/C15H25N3/c1-18-13-9-5-8-12(10-16)14(13)15(17-18)11-6-3-2-4-7-11/h11-12H,2-10,16H2,1H3. The molecule has 0 saturated heterocycles. The van der Waals surface area contributed by atoms with Gasteiger partial charge in [-0.3, -0.25) is 4.68 Å². The Hall–Kier alpha value is -0.830. The zero-order chi connectivity index (χ0) is 12.5. The molecule has 1 aromatic rings. The summed E-state index contributed by atoms with van der Waals surface area (Å²) in [4.78, 5) is 0. The van der Waals surface area contributed by atoms with Crippen molar-refractivity contribution in [2.24, 2.45) is 12.8 Å². The van der Waals surface area contributed by atoms with E-state index in [0.717, 1.165) is 6.54 Å². The van der Waals surface area contributed by atoms with Crippen molar-refractivity contribution in [2.75, 3.05) is 6.54 Å². The maximum absolute atomic E-state index is 5.99. The Balaban J connectivity index is 1.98. The Bertz CT molecular complexity index is 416. The van der Waals surface area contributed by atoms with Gasteiger partial charge in [0.2, 0.25) is 0 Å². The van der Waals surface area contributed by atoms with Crippen molar-refractivity contribution < 1.29 is 0 Å². The molecule has 0 aromatic carbocycles. The fourth-order valence-electron chi connectivity index (χ4n) is 3.91. The van der Waals surface area contributed by atoms with Crippen LogP contribution in [0.5, 0.6) is 0 Å². The van der Waals surface area contributed by atoms with Crippen LogP contribution in [0.25, 0.3) is 0 Å². The van der Waals surface area contributed by atoms with E-state index in [4.69, 9.17) is 10.8 Å². The summed E-state index contributed by atoms with van der Waals surface area (Å²) in [5, 5.41) is 4.88. The van der Waals surface area contributed by atoms with Crippen LogP contribution in [0.15, 0.2) is 0 Å². The first-order valence-electron chi connectivity index (χ1n) is 7.57. The fraction of sp³-hybridized carbons (Fsp3) is 0.800. The van der Waals surface area contributed by atoms with Gasteiger partial charge in [-0.25, -0.2) is 0 Å². The van der Waals surface area contributed by atoms with Crippen molar-refractivity contribution in [3.63, 3.8) is 0 Å². The molecule has 3 nitrogen and oxygen atoms in total. The predicted molar refractivity (Wildman–Crippen MR) is 73.8 cm³/mol. The van der Waals surface area contributed by atoms with Gasteiger partial charge in [-0.05, 0) is 44.6 Å². The van der Waals surface area contributed by atoms with E-state index in [1.54, 1.807) is 0 Å². The lowest BCUT2D eigenvalue weighted by molar-refractivity contribution is 0.429. The molecule has 1 aromatic heterocycles. The van der Waals surface area contributed by atoms with Crippen LogP contribution in [0.2, 0.25) is 0 Å². The van der Waals surface area contributed by atoms with Crippen molar-refractivity contribution in [3.05, 3.63) is 17.0 Å². The minimum absolute atomic E-state index is 0.569. The van der Waals surface area contributed by atoms with Gasteiger partial charge in [0, 0.05) is 24.2 Å². The molecule has 1 atom stereocenters. The Morgan fingerprint density at radius 2 is 1.94 bits per heavy atom. The summed E-state index contributed by atoms with van der Waals surface area (Å²) in [6, 6.07) is 0. The zero-order valence-corrected chi connectivity index (χ0v) is 11.5. The molecule has 2 N–H and O–H groups in total. The number of aryl methyl sites for hydroxylation is 1. The molecule has 1 unspecified atom stereocenters. The molecule has 1 heterocycles. The second-order valence-corrected chi connectivity index (χ2v) is 6.03. The molecule has 0 radical (unpaired) electrons. The number of fused-ring (bicyclic) bond motifs is 1. The van der Waals surface area contributed by atoms with E-state index < -0.39 is 0 Å². The van der Waals surface area contributed by atoms with Crippen LogP contribution in [-0.2, 0) is 13.5 Å². The number of aromatic nitrogens is 2. The van der Waals surface area contributed by atoms with Crippen LogP contribution in [-0.4, -0.2) is 16.3 Å². The second kappa shape index (κ2) is 5.04. The molecule has 2 aliphatic carbocycles. The number of hydrogen-bond donors (Lipinski definition) is 1. The molecule has 1 saturated carbocycles. The summed E-state index contributed by atoms with van der Waals surface area (Å²) in [6.07, 6.45) is 10.6. The molecule has 2 aliphatic rings. The number of nitrogens with zero attached hydrogens (tertiary/aromatic N) is 2. The normalized spacial score (nSPS) is 25.1. The van der Waals surface area contributed by atoms with Crippen molar-refractivity contribution >= 4 is 0 Å². The molecule has 0 amide bonds. The van der Waals surface area contributed by atoms with Gasteiger partial charge >= 0.3 is 0 Å². The molecule has 3 rings (SSSR count). The fourth-order valence-corrected chi connectivity index (χ4v) is 3.91. The van der Waals surface area contributed by atoms with Gasteiger partial charge < -0.3 is 5.73 Å². The van der Waals surface area contributed by atoms with Gasteiger partial charge in [-0.1, -0.05) is 19.3 Å². The van der Waals surface area contributed by atoms with Gasteiger partial charge in [0.1, 0.15) is 0 Å². The second-order valence-electron chi connectivity index (χ2n) is 6.03. The highest BCUT2D eigenvalue weighted by molar-refractivity contribution is 5.35. The van der Waals surface area contributed by atoms with Gasteiger partial charge in [0.25, 0.3) is 0 Å². The Morgan fingerprint density at radius 1 is 1.17 bits per heavy atom. The third kappa shape index (κ3) is 1.99. The first-order chi connectivity index (χ1) is 8.81. The maximum Gasteiger partial charge on any atom is 0.0693 e. The highest BCUT2D eigenvalue weighted by Crippen LogP contribution is 2.40. The van der Waals surface area contributed by atoms with Crippen LogP contribution in [0, 0.1) is 0 Å². The van der Waals surface area contributed by atoms with Gasteiger partial charge in [0.15, 0.2) is 0 Å². The van der Waals surface area contributed by atoms with Crippen LogP contribution < -0.4 is 5.73 Å². The monoisotopic (exact) mass is 247 g/mol. The predicted octanol–water partition coefficient (Wildman–Crippen LogP) is 2.85. The molecule has 0 bridgehead atoms. The van der Waals surface area contributed by atoms with E-state index in [9.17, 15) is 0 Å². The highest BCUT2D eigenvalue weighted by atomic mass is 15.3. The van der Waals surface area contributed by atoms with Crippen molar-refractivity contribution in [1.29, 1.82) is 0 Å². The highest BCUT2D eigenvalue weighted by Gasteiger charge is 2.30. The summed E-state index contributed by atoms with van der Waals surface area (Å²) < 4.78 is 2.14. The van der Waals surface area contributed by atoms with Gasteiger partial charge in [-0.15, -0.1) is 0 Å². The van der Waals surface area contributed by atoms with E-state index in [2.05, 4.69) is 11.7 Å². The average Bonchev–Trinajstić information content (AvgIpc) is 2.77. The Kier molecular flexibility index (Phi) is 3.42. The summed E-state index contributed by atoms with van der Waals surface area (Å²) >= 11 is 0. The zero-order valence-electron chi connectivity index (χ0n) is 11.5. The van der Waals surface area contributed by atoms with E-state index in [-0.39, 0.29) is 0 Å². The lowest BCUT2D eigenvalue weighted by Crippen LogP contribution is -2.20. The number of rotatable bonds is 2. The van der Waals surface area contributed by atoms with Gasteiger partial charge in [0.05, 0.1) is 5.69 Å². The minimum Gasteiger partial charge on any atom is -0.330 e. The first kappa shape index (κ1) is 12.2. The molecule has 0 spiro atoms. The van der Waals surface area contributed by atoms with Gasteiger partial charge in [-0.2, -0.15) is 5.10 Å². The molecule has 100 valence electrons. The average molecular weight is 247 g/mol. The first-order valence-corrected chi connectivity index (χ1v) is 7.57. The summed E-state index contributed by atoms with van der Waals surface area (Å²) in [5.41, 5.74) is 10.4. The number of hydrogen-bond acceptors (Lipinski definition) is 2. The van der Waals surface area contributed by atoms with Crippen molar-refractivity contribution in [1.82, 2.24) is 9.78 Å².